The second kappa shape index (κ2) is 6.59. The van der Waals surface area contributed by atoms with Crippen molar-refractivity contribution in [1.29, 1.82) is 0 Å². The van der Waals surface area contributed by atoms with Gasteiger partial charge in [0.05, 0.1) is 0 Å². The highest BCUT2D eigenvalue weighted by molar-refractivity contribution is 5.82. The van der Waals surface area contributed by atoms with E-state index in [9.17, 15) is 4.79 Å². The van der Waals surface area contributed by atoms with E-state index in [2.05, 4.69) is 16.8 Å². The summed E-state index contributed by atoms with van der Waals surface area (Å²) in [6, 6.07) is 0. The fraction of sp³-hybridized carbons (Fsp3) is 0.762. The summed E-state index contributed by atoms with van der Waals surface area (Å²) in [5.41, 5.74) is 2.50. The number of fused-ring (bicyclic) bond motifs is 2. The SMILES string of the molecule is CN1CCc2nc([C@@H]3CCCN(C(=O)C4[C@@H]5CCCC[C@@H]45)C3)ncc2C1. The Bertz CT molecular complexity index is 693. The molecule has 3 heterocycles. The minimum absolute atomic E-state index is 0.318. The second-order valence-electron chi connectivity index (χ2n) is 8.95. The van der Waals surface area contributed by atoms with Gasteiger partial charge in [-0.05, 0) is 44.6 Å². The van der Waals surface area contributed by atoms with E-state index in [0.29, 0.717) is 29.6 Å². The van der Waals surface area contributed by atoms with Crippen LogP contribution in [0.4, 0.5) is 0 Å². The third-order valence-corrected chi connectivity index (χ3v) is 7.18. The van der Waals surface area contributed by atoms with Crippen molar-refractivity contribution in [3.05, 3.63) is 23.3 Å². The highest BCUT2D eigenvalue weighted by Gasteiger charge is 2.56. The van der Waals surface area contributed by atoms with Gasteiger partial charge < -0.3 is 9.80 Å². The molecule has 3 atom stereocenters. The number of nitrogens with zero attached hydrogens (tertiary/aromatic N) is 4. The Morgan fingerprint density at radius 1 is 1.12 bits per heavy atom. The van der Waals surface area contributed by atoms with Crippen LogP contribution in [0.5, 0.6) is 0 Å². The molecule has 1 amide bonds. The molecule has 2 aliphatic heterocycles. The maximum absolute atomic E-state index is 13.1. The Labute approximate surface area is 156 Å². The number of likely N-dealkylation sites (N-methyl/N-ethyl adjacent to an activating group) is 1. The lowest BCUT2D eigenvalue weighted by Gasteiger charge is -2.33. The van der Waals surface area contributed by atoms with Gasteiger partial charge in [-0.3, -0.25) is 4.79 Å². The van der Waals surface area contributed by atoms with E-state index in [1.165, 1.54) is 36.9 Å². The summed E-state index contributed by atoms with van der Waals surface area (Å²) in [6.45, 7) is 3.78. The lowest BCUT2D eigenvalue weighted by Crippen LogP contribution is -2.41. The van der Waals surface area contributed by atoms with Crippen LogP contribution < -0.4 is 0 Å². The summed E-state index contributed by atoms with van der Waals surface area (Å²) < 4.78 is 0. The van der Waals surface area contributed by atoms with Gasteiger partial charge in [-0.1, -0.05) is 12.8 Å². The standard InChI is InChI=1S/C21H30N4O/c1-24-10-8-18-15(12-24)11-22-20(23-18)14-5-4-9-25(13-14)21(26)19-16-6-2-3-7-17(16)19/h11,14,16-17,19H,2-10,12-13H2,1H3/t14-,16-,17-/m1/s1. The molecule has 1 aromatic rings. The van der Waals surface area contributed by atoms with Crippen molar-refractivity contribution in [2.45, 2.75) is 57.4 Å². The van der Waals surface area contributed by atoms with Gasteiger partial charge in [-0.2, -0.15) is 0 Å². The lowest BCUT2D eigenvalue weighted by atomic mass is 9.96. The highest BCUT2D eigenvalue weighted by Crippen LogP contribution is 2.56. The monoisotopic (exact) mass is 354 g/mol. The fourth-order valence-corrected chi connectivity index (χ4v) is 5.63. The molecule has 2 aliphatic carbocycles. The van der Waals surface area contributed by atoms with Crippen molar-refractivity contribution in [3.8, 4) is 0 Å². The van der Waals surface area contributed by atoms with Gasteiger partial charge in [0.15, 0.2) is 0 Å². The number of carbonyl (C=O) groups excluding carboxylic acids is 1. The molecule has 0 radical (unpaired) electrons. The van der Waals surface area contributed by atoms with Crippen LogP contribution in [0.1, 0.15) is 61.5 Å². The first kappa shape index (κ1) is 16.7. The summed E-state index contributed by atoms with van der Waals surface area (Å²) in [5, 5.41) is 0. The Morgan fingerprint density at radius 3 is 2.73 bits per heavy atom. The van der Waals surface area contributed by atoms with Gasteiger partial charge in [0.25, 0.3) is 0 Å². The Kier molecular flexibility index (Phi) is 4.23. The normalized spacial score (nSPS) is 34.1. The zero-order valence-corrected chi connectivity index (χ0v) is 15.9. The Balaban J connectivity index is 1.28. The summed E-state index contributed by atoms with van der Waals surface area (Å²) in [6.07, 6.45) is 10.5. The molecular formula is C21H30N4O. The summed E-state index contributed by atoms with van der Waals surface area (Å²) >= 11 is 0. The van der Waals surface area contributed by atoms with Gasteiger partial charge in [0.1, 0.15) is 5.82 Å². The van der Waals surface area contributed by atoms with Gasteiger partial charge in [-0.25, -0.2) is 9.97 Å². The second-order valence-corrected chi connectivity index (χ2v) is 8.95. The van der Waals surface area contributed by atoms with E-state index in [1.54, 1.807) is 0 Å². The summed E-state index contributed by atoms with van der Waals surface area (Å²) in [5.74, 6) is 3.47. The number of piperidine rings is 1. The van der Waals surface area contributed by atoms with E-state index in [-0.39, 0.29) is 0 Å². The van der Waals surface area contributed by atoms with Crippen molar-refractivity contribution in [1.82, 2.24) is 19.8 Å². The molecule has 0 N–H and O–H groups in total. The van der Waals surface area contributed by atoms with Crippen molar-refractivity contribution >= 4 is 5.91 Å². The van der Waals surface area contributed by atoms with E-state index in [0.717, 1.165) is 51.3 Å². The molecule has 140 valence electrons. The third kappa shape index (κ3) is 2.94. The van der Waals surface area contributed by atoms with Crippen LogP contribution in [-0.2, 0) is 17.8 Å². The van der Waals surface area contributed by atoms with E-state index >= 15 is 0 Å². The summed E-state index contributed by atoms with van der Waals surface area (Å²) in [4.78, 5) is 27.1. The zero-order chi connectivity index (χ0) is 17.7. The van der Waals surface area contributed by atoms with Crippen molar-refractivity contribution < 1.29 is 4.79 Å². The van der Waals surface area contributed by atoms with Crippen LogP contribution in [0.3, 0.4) is 0 Å². The van der Waals surface area contributed by atoms with Crippen molar-refractivity contribution in [2.24, 2.45) is 17.8 Å². The molecule has 5 heteroatoms. The minimum Gasteiger partial charge on any atom is -0.342 e. The average molecular weight is 354 g/mol. The molecule has 4 aliphatic rings. The van der Waals surface area contributed by atoms with Gasteiger partial charge in [-0.15, -0.1) is 0 Å². The number of aromatic nitrogens is 2. The predicted molar refractivity (Wildman–Crippen MR) is 99.6 cm³/mol. The average Bonchev–Trinajstić information content (AvgIpc) is 3.41. The number of amides is 1. The molecule has 5 rings (SSSR count). The first-order valence-corrected chi connectivity index (χ1v) is 10.5. The molecule has 0 spiro atoms. The fourth-order valence-electron chi connectivity index (χ4n) is 5.63. The molecule has 1 saturated heterocycles. The number of hydrogen-bond donors (Lipinski definition) is 0. The van der Waals surface area contributed by atoms with Crippen LogP contribution in [0.2, 0.25) is 0 Å². The van der Waals surface area contributed by atoms with Crippen LogP contribution >= 0.6 is 0 Å². The number of likely N-dealkylation sites (tertiary alicyclic amines) is 1. The molecule has 0 aromatic carbocycles. The highest BCUT2D eigenvalue weighted by atomic mass is 16.2. The minimum atomic E-state index is 0.318. The molecule has 5 nitrogen and oxygen atoms in total. The first-order chi connectivity index (χ1) is 12.7. The van der Waals surface area contributed by atoms with E-state index < -0.39 is 0 Å². The summed E-state index contributed by atoms with van der Waals surface area (Å²) in [7, 11) is 2.15. The van der Waals surface area contributed by atoms with Crippen LogP contribution in [0, 0.1) is 17.8 Å². The number of hydrogen-bond acceptors (Lipinski definition) is 4. The third-order valence-electron chi connectivity index (χ3n) is 7.18. The topological polar surface area (TPSA) is 49.3 Å². The molecule has 3 fully saturated rings. The maximum Gasteiger partial charge on any atom is 0.226 e. The molecule has 2 saturated carbocycles. The predicted octanol–water partition coefficient (Wildman–Crippen LogP) is 2.61. The van der Waals surface area contributed by atoms with Crippen LogP contribution in [-0.4, -0.2) is 52.4 Å². The molecule has 0 unspecified atom stereocenters. The molecule has 1 aromatic heterocycles. The Morgan fingerprint density at radius 2 is 1.92 bits per heavy atom. The van der Waals surface area contributed by atoms with E-state index in [4.69, 9.17) is 9.97 Å². The quantitative estimate of drug-likeness (QED) is 0.819. The van der Waals surface area contributed by atoms with Gasteiger partial charge in [0.2, 0.25) is 5.91 Å². The van der Waals surface area contributed by atoms with Gasteiger partial charge in [0, 0.05) is 61.9 Å². The van der Waals surface area contributed by atoms with Crippen molar-refractivity contribution in [2.75, 3.05) is 26.7 Å². The largest absolute Gasteiger partial charge is 0.342 e. The zero-order valence-electron chi connectivity index (χ0n) is 15.9. The molecule has 0 bridgehead atoms. The molecular weight excluding hydrogens is 324 g/mol. The van der Waals surface area contributed by atoms with Crippen LogP contribution in [0.25, 0.3) is 0 Å². The van der Waals surface area contributed by atoms with Crippen molar-refractivity contribution in [3.63, 3.8) is 0 Å². The Hall–Kier alpha value is -1.49. The maximum atomic E-state index is 13.1. The lowest BCUT2D eigenvalue weighted by molar-refractivity contribution is -0.134. The molecule has 26 heavy (non-hydrogen) atoms. The smallest absolute Gasteiger partial charge is 0.226 e. The first-order valence-electron chi connectivity index (χ1n) is 10.5. The number of rotatable bonds is 2. The van der Waals surface area contributed by atoms with Gasteiger partial charge >= 0.3 is 0 Å². The number of carbonyl (C=O) groups is 1. The van der Waals surface area contributed by atoms with E-state index in [1.807, 2.05) is 6.20 Å². The van der Waals surface area contributed by atoms with Crippen LogP contribution in [0.15, 0.2) is 6.20 Å².